The smallest absolute Gasteiger partial charge is 0.119 e. The minimum absolute atomic E-state index is 0.300. The molecule has 1 nitrogen and oxygen atoms in total. The predicted molar refractivity (Wildman–Crippen MR) is 54.6 cm³/mol. The molecular weight excluding hydrogens is 160 g/mol. The molecule has 0 radical (unpaired) electrons. The largest absolute Gasteiger partial charge is 0.508 e. The maximum absolute atomic E-state index is 9.53. The summed E-state index contributed by atoms with van der Waals surface area (Å²) in [5.74, 6) is 6.54. The van der Waals surface area contributed by atoms with Crippen molar-refractivity contribution in [3.63, 3.8) is 0 Å². The Hall–Kier alpha value is -1.42. The highest BCUT2D eigenvalue weighted by molar-refractivity contribution is 5.35. The van der Waals surface area contributed by atoms with Crippen molar-refractivity contribution in [1.82, 2.24) is 0 Å². The van der Waals surface area contributed by atoms with E-state index in [1.165, 1.54) is 0 Å². The second-order valence-electron chi connectivity index (χ2n) is 3.09. The molecule has 68 valence electrons. The van der Waals surface area contributed by atoms with Crippen molar-refractivity contribution in [2.75, 3.05) is 0 Å². The lowest BCUT2D eigenvalue weighted by Gasteiger charge is -2.09. The van der Waals surface area contributed by atoms with Gasteiger partial charge in [0.25, 0.3) is 0 Å². The Morgan fingerprint density at radius 1 is 1.38 bits per heavy atom. The van der Waals surface area contributed by atoms with Gasteiger partial charge in [-0.2, -0.15) is 0 Å². The van der Waals surface area contributed by atoms with Crippen LogP contribution < -0.4 is 0 Å². The quantitative estimate of drug-likeness (QED) is 0.683. The number of aromatic hydroxyl groups is 1. The van der Waals surface area contributed by atoms with Gasteiger partial charge in [-0.15, -0.1) is 11.8 Å². The van der Waals surface area contributed by atoms with Crippen molar-refractivity contribution in [3.8, 4) is 17.6 Å². The highest BCUT2D eigenvalue weighted by Gasteiger charge is 2.07. The van der Waals surface area contributed by atoms with Crippen molar-refractivity contribution >= 4 is 0 Å². The highest BCUT2D eigenvalue weighted by atomic mass is 16.3. The fraction of sp³-hybridized carbons (Fsp3) is 0.333. The molecule has 0 aromatic heterocycles. The Kier molecular flexibility index (Phi) is 3.40. The van der Waals surface area contributed by atoms with Crippen LogP contribution in [0.25, 0.3) is 0 Å². The third-order valence-corrected chi connectivity index (χ3v) is 2.05. The van der Waals surface area contributed by atoms with Crippen LogP contribution in [0.1, 0.15) is 31.7 Å². The molecule has 0 spiro atoms. The van der Waals surface area contributed by atoms with Crippen molar-refractivity contribution in [1.29, 1.82) is 0 Å². The van der Waals surface area contributed by atoms with Gasteiger partial charge in [0.15, 0.2) is 0 Å². The number of hydrogen-bond acceptors (Lipinski definition) is 1. The lowest BCUT2D eigenvalue weighted by atomic mass is 9.97. The van der Waals surface area contributed by atoms with E-state index in [4.69, 9.17) is 0 Å². The third kappa shape index (κ3) is 2.52. The van der Waals surface area contributed by atoms with Gasteiger partial charge in [0, 0.05) is 6.42 Å². The summed E-state index contributed by atoms with van der Waals surface area (Å²) in [6.45, 7) is 3.90. The molecule has 0 aliphatic rings. The Bertz CT molecular complexity index is 330. The second kappa shape index (κ2) is 4.57. The van der Waals surface area contributed by atoms with Crippen LogP contribution in [0.5, 0.6) is 5.75 Å². The standard InChI is InChI=1S/C12H14O/c1-3-4-7-10(2)11-8-5-6-9-12(11)13/h5-6,8-10,13H,7H2,1-2H3. The molecule has 0 saturated carbocycles. The first-order valence-corrected chi connectivity index (χ1v) is 4.43. The average Bonchev–Trinajstić information content (AvgIpc) is 2.15. The summed E-state index contributed by atoms with van der Waals surface area (Å²) in [6, 6.07) is 7.42. The maximum atomic E-state index is 9.53. The molecule has 1 heteroatoms. The maximum Gasteiger partial charge on any atom is 0.119 e. The van der Waals surface area contributed by atoms with Gasteiger partial charge in [-0.25, -0.2) is 0 Å². The van der Waals surface area contributed by atoms with Crippen LogP contribution in [0.15, 0.2) is 24.3 Å². The van der Waals surface area contributed by atoms with Crippen LogP contribution in [-0.4, -0.2) is 5.11 Å². The summed E-state index contributed by atoms with van der Waals surface area (Å²) in [7, 11) is 0. The van der Waals surface area contributed by atoms with Crippen molar-refractivity contribution in [2.45, 2.75) is 26.2 Å². The van der Waals surface area contributed by atoms with Crippen LogP contribution in [-0.2, 0) is 0 Å². The van der Waals surface area contributed by atoms with Crippen LogP contribution in [0.4, 0.5) is 0 Å². The van der Waals surface area contributed by atoms with Crippen molar-refractivity contribution in [3.05, 3.63) is 29.8 Å². The molecular formula is C12H14O. The summed E-state index contributed by atoms with van der Waals surface area (Å²) in [5.41, 5.74) is 0.977. The zero-order valence-electron chi connectivity index (χ0n) is 8.04. The normalized spacial score (nSPS) is 11.5. The summed E-state index contributed by atoms with van der Waals surface area (Å²) in [5, 5.41) is 9.53. The summed E-state index contributed by atoms with van der Waals surface area (Å²) >= 11 is 0. The molecule has 0 aliphatic heterocycles. The van der Waals surface area contributed by atoms with Gasteiger partial charge in [-0.05, 0) is 24.5 Å². The number of hydrogen-bond donors (Lipinski definition) is 1. The molecule has 0 bridgehead atoms. The van der Waals surface area contributed by atoms with E-state index in [0.717, 1.165) is 12.0 Å². The Labute approximate surface area is 79.4 Å². The molecule has 0 aliphatic carbocycles. The minimum Gasteiger partial charge on any atom is -0.508 e. The number of phenols is 1. The Balaban J connectivity index is 2.80. The molecule has 1 unspecified atom stereocenters. The molecule has 1 atom stereocenters. The van der Waals surface area contributed by atoms with Gasteiger partial charge in [-0.3, -0.25) is 0 Å². The van der Waals surface area contributed by atoms with E-state index in [9.17, 15) is 5.11 Å². The SMILES string of the molecule is CC#CCC(C)c1ccccc1O. The van der Waals surface area contributed by atoms with Gasteiger partial charge in [0.2, 0.25) is 0 Å². The minimum atomic E-state index is 0.300. The molecule has 1 aromatic carbocycles. The third-order valence-electron chi connectivity index (χ3n) is 2.05. The molecule has 1 N–H and O–H groups in total. The number of rotatable bonds is 2. The van der Waals surface area contributed by atoms with E-state index >= 15 is 0 Å². The average molecular weight is 174 g/mol. The number of benzene rings is 1. The fourth-order valence-electron chi connectivity index (χ4n) is 1.27. The van der Waals surface area contributed by atoms with E-state index in [1.54, 1.807) is 6.07 Å². The van der Waals surface area contributed by atoms with Crippen molar-refractivity contribution < 1.29 is 5.11 Å². The number of para-hydroxylation sites is 1. The first-order valence-electron chi connectivity index (χ1n) is 4.43. The van der Waals surface area contributed by atoms with Crippen LogP contribution in [0.2, 0.25) is 0 Å². The predicted octanol–water partition coefficient (Wildman–Crippen LogP) is 2.91. The highest BCUT2D eigenvalue weighted by Crippen LogP contribution is 2.26. The van der Waals surface area contributed by atoms with Crippen LogP contribution in [0.3, 0.4) is 0 Å². The number of phenolic OH excluding ortho intramolecular Hbond substituents is 1. The lowest BCUT2D eigenvalue weighted by molar-refractivity contribution is 0.463. The Morgan fingerprint density at radius 2 is 2.08 bits per heavy atom. The first-order chi connectivity index (χ1) is 6.25. The van der Waals surface area contributed by atoms with Gasteiger partial charge in [-0.1, -0.05) is 25.1 Å². The van der Waals surface area contributed by atoms with Crippen LogP contribution in [0, 0.1) is 11.8 Å². The van der Waals surface area contributed by atoms with Gasteiger partial charge >= 0.3 is 0 Å². The first kappa shape index (κ1) is 9.67. The molecule has 1 aromatic rings. The summed E-state index contributed by atoms with van der Waals surface area (Å²) in [4.78, 5) is 0. The molecule has 0 amide bonds. The molecule has 1 rings (SSSR count). The summed E-state index contributed by atoms with van der Waals surface area (Å²) < 4.78 is 0. The topological polar surface area (TPSA) is 20.2 Å². The molecule has 13 heavy (non-hydrogen) atoms. The van der Waals surface area contributed by atoms with Crippen LogP contribution >= 0.6 is 0 Å². The van der Waals surface area contributed by atoms with E-state index in [0.29, 0.717) is 11.7 Å². The monoisotopic (exact) mass is 174 g/mol. The van der Waals surface area contributed by atoms with Gasteiger partial charge in [0.1, 0.15) is 5.75 Å². The molecule has 0 heterocycles. The van der Waals surface area contributed by atoms with Gasteiger partial charge < -0.3 is 5.11 Å². The van der Waals surface area contributed by atoms with E-state index in [2.05, 4.69) is 18.8 Å². The molecule has 0 fully saturated rings. The lowest BCUT2D eigenvalue weighted by Crippen LogP contribution is -1.91. The second-order valence-corrected chi connectivity index (χ2v) is 3.09. The Morgan fingerprint density at radius 3 is 2.69 bits per heavy atom. The zero-order chi connectivity index (χ0) is 9.68. The van der Waals surface area contributed by atoms with Crippen molar-refractivity contribution in [2.24, 2.45) is 0 Å². The van der Waals surface area contributed by atoms with Gasteiger partial charge in [0.05, 0.1) is 0 Å². The van der Waals surface area contributed by atoms with E-state index in [-0.39, 0.29) is 0 Å². The van der Waals surface area contributed by atoms with E-state index in [1.807, 2.05) is 25.1 Å². The zero-order valence-corrected chi connectivity index (χ0v) is 8.04. The van der Waals surface area contributed by atoms with E-state index < -0.39 is 0 Å². The summed E-state index contributed by atoms with van der Waals surface area (Å²) in [6.07, 6.45) is 0.800. The fourth-order valence-corrected chi connectivity index (χ4v) is 1.27. The molecule has 0 saturated heterocycles.